The van der Waals surface area contributed by atoms with E-state index in [1.54, 1.807) is 42.6 Å². The Kier molecular flexibility index (Phi) is 5.97. The minimum absolute atomic E-state index is 0.110. The molecule has 0 spiro atoms. The van der Waals surface area contributed by atoms with Crippen molar-refractivity contribution in [3.05, 3.63) is 112 Å². The summed E-state index contributed by atoms with van der Waals surface area (Å²) < 4.78 is 11.1. The van der Waals surface area contributed by atoms with E-state index in [2.05, 4.69) is 10.1 Å². The van der Waals surface area contributed by atoms with Gasteiger partial charge in [0.1, 0.15) is 18.1 Å². The van der Waals surface area contributed by atoms with Gasteiger partial charge in [-0.15, -0.1) is 0 Å². The van der Waals surface area contributed by atoms with Crippen molar-refractivity contribution < 1.29 is 18.8 Å². The lowest BCUT2D eigenvalue weighted by atomic mass is 9.92. The summed E-state index contributed by atoms with van der Waals surface area (Å²) in [5, 5.41) is 3.94. The number of hydrogen-bond acceptors (Lipinski definition) is 6. The van der Waals surface area contributed by atoms with E-state index < -0.39 is 0 Å². The van der Waals surface area contributed by atoms with Crippen molar-refractivity contribution in [1.29, 1.82) is 0 Å². The Balaban J connectivity index is 1.41. The fourth-order valence-corrected chi connectivity index (χ4v) is 4.03. The fraction of sp³-hybridized carbons (Fsp3) is 0.143. The maximum Gasteiger partial charge on any atom is 0.261 e. The highest BCUT2D eigenvalue weighted by Crippen LogP contribution is 2.31. The largest absolute Gasteiger partial charge is 0.489 e. The highest BCUT2D eigenvalue weighted by Gasteiger charge is 2.34. The number of ether oxygens (including phenoxy) is 1. The van der Waals surface area contributed by atoms with E-state index in [9.17, 15) is 9.59 Å². The maximum absolute atomic E-state index is 13.4. The summed E-state index contributed by atoms with van der Waals surface area (Å²) in [5.41, 5.74) is 4.78. The molecule has 7 nitrogen and oxygen atoms in total. The van der Waals surface area contributed by atoms with Gasteiger partial charge < -0.3 is 9.26 Å². The molecule has 0 radical (unpaired) electrons. The Hall–Kier alpha value is -4.52. The number of aryl methyl sites for hydroxylation is 2. The molecule has 2 aromatic heterocycles. The van der Waals surface area contributed by atoms with Gasteiger partial charge in [-0.1, -0.05) is 41.6 Å². The molecule has 1 aliphatic heterocycles. The van der Waals surface area contributed by atoms with E-state index in [-0.39, 0.29) is 18.4 Å². The van der Waals surface area contributed by atoms with Crippen molar-refractivity contribution in [2.45, 2.75) is 27.0 Å². The van der Waals surface area contributed by atoms with Crippen molar-refractivity contribution in [3.8, 4) is 5.75 Å². The number of carbonyl (C=O) groups excluding carboxylic acids is 2. The fourth-order valence-electron chi connectivity index (χ4n) is 4.03. The first-order chi connectivity index (χ1) is 17.0. The molecule has 0 saturated heterocycles. The first kappa shape index (κ1) is 22.3. The predicted octanol–water partition coefficient (Wildman–Crippen LogP) is 4.99. The number of pyridine rings is 1. The van der Waals surface area contributed by atoms with E-state index in [1.807, 2.05) is 50.2 Å². The Morgan fingerprint density at radius 3 is 2.34 bits per heavy atom. The summed E-state index contributed by atoms with van der Waals surface area (Å²) in [6.07, 6.45) is 3.45. The van der Waals surface area contributed by atoms with Gasteiger partial charge in [0.05, 0.1) is 23.5 Å². The summed E-state index contributed by atoms with van der Waals surface area (Å²) in [5.74, 6) is 0.757. The Morgan fingerprint density at radius 2 is 1.66 bits per heavy atom. The molecule has 0 bridgehead atoms. The van der Waals surface area contributed by atoms with Gasteiger partial charge in [-0.25, -0.2) is 0 Å². The number of nitrogens with zero attached hydrogens (tertiary/aromatic N) is 3. The highest BCUT2D eigenvalue weighted by molar-refractivity contribution is 6.33. The molecular formula is C28H23N3O4. The van der Waals surface area contributed by atoms with Crippen LogP contribution >= 0.6 is 0 Å². The molecule has 4 aromatic rings. The predicted molar refractivity (Wildman–Crippen MR) is 130 cm³/mol. The van der Waals surface area contributed by atoms with Crippen molar-refractivity contribution in [2.24, 2.45) is 0 Å². The lowest BCUT2D eigenvalue weighted by molar-refractivity contribution is -0.123. The number of imide groups is 1. The molecule has 2 aromatic carbocycles. The van der Waals surface area contributed by atoms with E-state index in [0.717, 1.165) is 22.6 Å². The number of amides is 2. The molecule has 3 heterocycles. The van der Waals surface area contributed by atoms with Crippen LogP contribution in [-0.4, -0.2) is 26.9 Å². The molecule has 0 atom stereocenters. The normalized spacial score (nSPS) is 14.3. The molecule has 7 heteroatoms. The first-order valence-electron chi connectivity index (χ1n) is 11.2. The van der Waals surface area contributed by atoms with Crippen LogP contribution < -0.4 is 4.74 Å². The van der Waals surface area contributed by atoms with Crippen LogP contribution in [0.5, 0.6) is 5.75 Å². The van der Waals surface area contributed by atoms with E-state index in [1.165, 1.54) is 4.90 Å². The van der Waals surface area contributed by atoms with Gasteiger partial charge in [-0.3, -0.25) is 19.5 Å². The molecule has 174 valence electrons. The van der Waals surface area contributed by atoms with Gasteiger partial charge in [-0.05, 0) is 61.4 Å². The Labute approximate surface area is 202 Å². The van der Waals surface area contributed by atoms with Crippen LogP contribution in [0.2, 0.25) is 0 Å². The molecule has 0 saturated carbocycles. The number of rotatable bonds is 6. The summed E-state index contributed by atoms with van der Waals surface area (Å²) in [6, 6.07) is 20.1. The molecule has 1 aliphatic rings. The topological polar surface area (TPSA) is 85.5 Å². The second-order valence-electron chi connectivity index (χ2n) is 8.28. The number of fused-ring (bicyclic) bond motifs is 1. The molecule has 0 unspecified atom stereocenters. The Bertz CT molecular complexity index is 1400. The third kappa shape index (κ3) is 4.48. The molecule has 2 amide bonds. The van der Waals surface area contributed by atoms with Crippen molar-refractivity contribution in [1.82, 2.24) is 15.0 Å². The van der Waals surface area contributed by atoms with Gasteiger partial charge >= 0.3 is 0 Å². The molecular weight excluding hydrogens is 442 g/mol. The van der Waals surface area contributed by atoms with Gasteiger partial charge in [0, 0.05) is 17.3 Å². The molecule has 0 aliphatic carbocycles. The summed E-state index contributed by atoms with van der Waals surface area (Å²) >= 11 is 0. The van der Waals surface area contributed by atoms with Crippen LogP contribution in [0, 0.1) is 13.8 Å². The average Bonchev–Trinajstić information content (AvgIpc) is 3.21. The van der Waals surface area contributed by atoms with Crippen LogP contribution in [0.25, 0.3) is 11.6 Å². The highest BCUT2D eigenvalue weighted by atomic mass is 16.5. The van der Waals surface area contributed by atoms with Gasteiger partial charge in [0.15, 0.2) is 0 Å². The Morgan fingerprint density at radius 1 is 0.914 bits per heavy atom. The van der Waals surface area contributed by atoms with Crippen LogP contribution in [0.3, 0.4) is 0 Å². The van der Waals surface area contributed by atoms with Gasteiger partial charge in [0.25, 0.3) is 11.8 Å². The first-order valence-corrected chi connectivity index (χ1v) is 11.2. The summed E-state index contributed by atoms with van der Waals surface area (Å²) in [6.45, 7) is 4.21. The van der Waals surface area contributed by atoms with Crippen molar-refractivity contribution >= 4 is 23.5 Å². The molecule has 5 rings (SSSR count). The third-order valence-corrected chi connectivity index (χ3v) is 5.97. The number of benzene rings is 2. The number of hydrogen-bond donors (Lipinski definition) is 0. The minimum atomic E-state index is -0.349. The molecule has 0 N–H and O–H groups in total. The molecule has 0 fully saturated rings. The van der Waals surface area contributed by atoms with Gasteiger partial charge in [0.2, 0.25) is 0 Å². The van der Waals surface area contributed by atoms with Crippen molar-refractivity contribution in [3.63, 3.8) is 0 Å². The van der Waals surface area contributed by atoms with E-state index in [4.69, 9.17) is 9.26 Å². The number of carbonyl (C=O) groups is 2. The second kappa shape index (κ2) is 9.38. The van der Waals surface area contributed by atoms with Crippen LogP contribution in [0.1, 0.15) is 44.2 Å². The van der Waals surface area contributed by atoms with Crippen LogP contribution in [0.4, 0.5) is 0 Å². The molecule has 35 heavy (non-hydrogen) atoms. The van der Waals surface area contributed by atoms with Crippen LogP contribution in [0.15, 0.2) is 77.4 Å². The average molecular weight is 466 g/mol. The van der Waals surface area contributed by atoms with Crippen LogP contribution in [-0.2, 0) is 17.9 Å². The third-order valence-electron chi connectivity index (χ3n) is 5.97. The zero-order chi connectivity index (χ0) is 24.4. The zero-order valence-corrected chi connectivity index (χ0v) is 19.4. The van der Waals surface area contributed by atoms with E-state index >= 15 is 0 Å². The second-order valence-corrected chi connectivity index (χ2v) is 8.28. The van der Waals surface area contributed by atoms with E-state index in [0.29, 0.717) is 34.8 Å². The van der Waals surface area contributed by atoms with Crippen molar-refractivity contribution in [2.75, 3.05) is 0 Å². The van der Waals surface area contributed by atoms with Gasteiger partial charge in [-0.2, -0.15) is 0 Å². The summed E-state index contributed by atoms with van der Waals surface area (Å²) in [7, 11) is 0. The maximum atomic E-state index is 13.4. The quantitative estimate of drug-likeness (QED) is 0.295. The lowest BCUT2D eigenvalue weighted by Gasteiger charge is -2.28. The zero-order valence-electron chi connectivity index (χ0n) is 19.4. The number of aromatic nitrogens is 2. The monoisotopic (exact) mass is 465 g/mol. The lowest BCUT2D eigenvalue weighted by Crippen LogP contribution is -2.41. The smallest absolute Gasteiger partial charge is 0.261 e. The SMILES string of the molecule is Cc1noc(C)c1COc1ccc(C=C2C(=O)N(Cc3ccccn3)C(=O)c3ccccc32)cc1. The minimum Gasteiger partial charge on any atom is -0.489 e. The summed E-state index contributed by atoms with van der Waals surface area (Å²) in [4.78, 5) is 32.1. The standard InChI is InChI=1S/C28H23N3O4/c1-18-26(19(2)35-30-18)17-34-22-12-10-20(11-13-22)15-25-23-8-3-4-9-24(23)27(32)31(28(25)33)16-21-7-5-6-14-29-21/h3-15H,16-17H2,1-2H3.